The molecule has 0 saturated heterocycles. The molecule has 0 aliphatic carbocycles. The van der Waals surface area contributed by atoms with Crippen LogP contribution in [0.15, 0.2) is 18.6 Å². The van der Waals surface area contributed by atoms with Crippen molar-refractivity contribution in [2.24, 2.45) is 11.3 Å². The summed E-state index contributed by atoms with van der Waals surface area (Å²) in [6.07, 6.45) is 8.43. The number of carboxylic acid groups (broad SMARTS) is 1. The van der Waals surface area contributed by atoms with Crippen LogP contribution in [0.1, 0.15) is 46.5 Å². The molecular weight excluding hydrogens is 266 g/mol. The van der Waals surface area contributed by atoms with Crippen molar-refractivity contribution in [1.82, 2.24) is 9.97 Å². The van der Waals surface area contributed by atoms with Gasteiger partial charge in [0.1, 0.15) is 5.82 Å². The first-order valence-electron chi connectivity index (χ1n) is 7.49. The van der Waals surface area contributed by atoms with Gasteiger partial charge in [-0.3, -0.25) is 9.78 Å². The zero-order valence-electron chi connectivity index (χ0n) is 13.5. The van der Waals surface area contributed by atoms with Gasteiger partial charge in [0.25, 0.3) is 0 Å². The lowest BCUT2D eigenvalue weighted by Crippen LogP contribution is -2.25. The molecular formula is C16H27N3O2. The van der Waals surface area contributed by atoms with Gasteiger partial charge in [0.05, 0.1) is 6.20 Å². The van der Waals surface area contributed by atoms with E-state index in [0.29, 0.717) is 0 Å². The number of anilines is 1. The van der Waals surface area contributed by atoms with Gasteiger partial charge in [-0.2, -0.15) is 0 Å². The van der Waals surface area contributed by atoms with Gasteiger partial charge in [-0.1, -0.05) is 20.8 Å². The highest BCUT2D eigenvalue weighted by atomic mass is 16.4. The van der Waals surface area contributed by atoms with E-state index in [1.54, 1.807) is 18.6 Å². The minimum atomic E-state index is -0.706. The fraction of sp³-hybridized carbons (Fsp3) is 0.688. The maximum Gasteiger partial charge on any atom is 0.303 e. The van der Waals surface area contributed by atoms with Gasteiger partial charge in [-0.25, -0.2) is 4.98 Å². The number of aliphatic carboxylic acids is 1. The molecule has 0 aliphatic heterocycles. The number of nitrogens with zero attached hydrogens (tertiary/aromatic N) is 3. The molecule has 1 heterocycles. The van der Waals surface area contributed by atoms with Crippen molar-refractivity contribution >= 4 is 11.8 Å². The van der Waals surface area contributed by atoms with E-state index < -0.39 is 5.97 Å². The van der Waals surface area contributed by atoms with Crippen molar-refractivity contribution in [3.63, 3.8) is 0 Å². The molecule has 0 aliphatic rings. The third-order valence-corrected chi connectivity index (χ3v) is 3.90. The van der Waals surface area contributed by atoms with Crippen molar-refractivity contribution in [3.05, 3.63) is 18.6 Å². The molecule has 0 spiro atoms. The first kappa shape index (κ1) is 17.4. The molecule has 1 atom stereocenters. The maximum absolute atomic E-state index is 10.7. The van der Waals surface area contributed by atoms with E-state index in [2.05, 4.69) is 28.7 Å². The van der Waals surface area contributed by atoms with Gasteiger partial charge in [0.2, 0.25) is 0 Å². The highest BCUT2D eigenvalue weighted by Crippen LogP contribution is 2.30. The number of hydrogen-bond acceptors (Lipinski definition) is 4. The average molecular weight is 293 g/mol. The van der Waals surface area contributed by atoms with Crippen molar-refractivity contribution in [2.75, 3.05) is 18.5 Å². The summed E-state index contributed by atoms with van der Waals surface area (Å²) in [7, 11) is 2.02. The SMILES string of the molecule is CC(CCC(C)(C)CCN(C)c1cnccn1)CC(=O)O. The standard InChI is InChI=1S/C16H27N3O2/c1-13(11-15(20)21)5-6-16(2,3)7-10-19(4)14-12-17-8-9-18-14/h8-9,12-13H,5-7,10-11H2,1-4H3,(H,20,21). The number of carboxylic acids is 1. The maximum atomic E-state index is 10.7. The van der Waals surface area contributed by atoms with E-state index in [-0.39, 0.29) is 17.8 Å². The van der Waals surface area contributed by atoms with Crippen molar-refractivity contribution in [2.45, 2.75) is 46.5 Å². The lowest BCUT2D eigenvalue weighted by Gasteiger charge is -2.29. The molecule has 1 aromatic rings. The topological polar surface area (TPSA) is 66.3 Å². The molecule has 0 saturated carbocycles. The van der Waals surface area contributed by atoms with Crippen molar-refractivity contribution in [3.8, 4) is 0 Å². The lowest BCUT2D eigenvalue weighted by atomic mass is 9.81. The number of hydrogen-bond donors (Lipinski definition) is 1. The Bertz CT molecular complexity index is 434. The molecule has 5 heteroatoms. The Kier molecular flexibility index (Phi) is 6.59. The molecule has 0 bridgehead atoms. The van der Waals surface area contributed by atoms with Gasteiger partial charge in [0.15, 0.2) is 0 Å². The summed E-state index contributed by atoms with van der Waals surface area (Å²) in [4.78, 5) is 21.2. The second-order valence-electron chi connectivity index (χ2n) is 6.64. The second-order valence-corrected chi connectivity index (χ2v) is 6.64. The first-order chi connectivity index (χ1) is 9.80. The first-order valence-corrected chi connectivity index (χ1v) is 7.49. The Morgan fingerprint density at radius 2 is 2.10 bits per heavy atom. The predicted octanol–water partition coefficient (Wildman–Crippen LogP) is 3.22. The Hall–Kier alpha value is -1.65. The summed E-state index contributed by atoms with van der Waals surface area (Å²) in [6, 6.07) is 0. The van der Waals surface area contributed by atoms with Crippen LogP contribution >= 0.6 is 0 Å². The molecule has 1 N–H and O–H groups in total. The third kappa shape index (κ3) is 7.06. The van der Waals surface area contributed by atoms with E-state index in [9.17, 15) is 4.79 Å². The molecule has 118 valence electrons. The van der Waals surface area contributed by atoms with E-state index in [1.807, 2.05) is 14.0 Å². The van der Waals surface area contributed by atoms with Gasteiger partial charge < -0.3 is 10.0 Å². The second kappa shape index (κ2) is 7.96. The monoisotopic (exact) mass is 293 g/mol. The highest BCUT2D eigenvalue weighted by molar-refractivity contribution is 5.66. The quantitative estimate of drug-likeness (QED) is 0.757. The number of rotatable bonds is 9. The third-order valence-electron chi connectivity index (χ3n) is 3.90. The lowest BCUT2D eigenvalue weighted by molar-refractivity contribution is -0.138. The molecule has 1 unspecified atom stereocenters. The fourth-order valence-electron chi connectivity index (χ4n) is 2.24. The predicted molar refractivity (Wildman–Crippen MR) is 84.4 cm³/mol. The van der Waals surface area contributed by atoms with Crippen molar-refractivity contribution in [1.29, 1.82) is 0 Å². The molecule has 1 rings (SSSR count). The van der Waals surface area contributed by atoms with E-state index in [4.69, 9.17) is 5.11 Å². The smallest absolute Gasteiger partial charge is 0.303 e. The summed E-state index contributed by atoms with van der Waals surface area (Å²) in [6.45, 7) is 7.41. The summed E-state index contributed by atoms with van der Waals surface area (Å²) < 4.78 is 0. The molecule has 0 amide bonds. The summed E-state index contributed by atoms with van der Waals surface area (Å²) in [5, 5.41) is 8.80. The Balaban J connectivity index is 2.37. The van der Waals surface area contributed by atoms with Gasteiger partial charge >= 0.3 is 5.97 Å². The molecule has 21 heavy (non-hydrogen) atoms. The van der Waals surface area contributed by atoms with Crippen LogP contribution in [-0.4, -0.2) is 34.6 Å². The fourth-order valence-corrected chi connectivity index (χ4v) is 2.24. The van der Waals surface area contributed by atoms with Crippen LogP contribution in [0.4, 0.5) is 5.82 Å². The van der Waals surface area contributed by atoms with Gasteiger partial charge in [-0.05, 0) is 30.6 Å². The van der Waals surface area contributed by atoms with Crippen molar-refractivity contribution < 1.29 is 9.90 Å². The zero-order valence-corrected chi connectivity index (χ0v) is 13.5. The van der Waals surface area contributed by atoms with Crippen LogP contribution in [0, 0.1) is 11.3 Å². The molecule has 0 radical (unpaired) electrons. The van der Waals surface area contributed by atoms with Crippen LogP contribution in [0.3, 0.4) is 0 Å². The molecule has 5 nitrogen and oxygen atoms in total. The van der Waals surface area contributed by atoms with Crippen LogP contribution in [0.2, 0.25) is 0 Å². The van der Waals surface area contributed by atoms with Gasteiger partial charge in [-0.15, -0.1) is 0 Å². The van der Waals surface area contributed by atoms with Crippen LogP contribution < -0.4 is 4.90 Å². The molecule has 1 aromatic heterocycles. The Labute approximate surface area is 127 Å². The van der Waals surface area contributed by atoms with Gasteiger partial charge in [0, 0.05) is 32.4 Å². The highest BCUT2D eigenvalue weighted by Gasteiger charge is 2.20. The average Bonchev–Trinajstić information content (AvgIpc) is 2.43. The largest absolute Gasteiger partial charge is 0.481 e. The number of carbonyl (C=O) groups is 1. The number of aromatic nitrogens is 2. The zero-order chi connectivity index (χ0) is 15.9. The minimum Gasteiger partial charge on any atom is -0.481 e. The van der Waals surface area contributed by atoms with Crippen LogP contribution in [0.5, 0.6) is 0 Å². The van der Waals surface area contributed by atoms with Crippen LogP contribution in [-0.2, 0) is 4.79 Å². The molecule has 0 fully saturated rings. The normalized spacial score (nSPS) is 13.0. The molecule has 0 aromatic carbocycles. The van der Waals surface area contributed by atoms with E-state index >= 15 is 0 Å². The minimum absolute atomic E-state index is 0.198. The Morgan fingerprint density at radius 1 is 1.38 bits per heavy atom. The van der Waals surface area contributed by atoms with E-state index in [0.717, 1.165) is 31.6 Å². The van der Waals surface area contributed by atoms with Crippen LogP contribution in [0.25, 0.3) is 0 Å². The summed E-state index contributed by atoms with van der Waals surface area (Å²) >= 11 is 0. The summed E-state index contributed by atoms with van der Waals surface area (Å²) in [5.41, 5.74) is 0.198. The summed E-state index contributed by atoms with van der Waals surface area (Å²) in [5.74, 6) is 0.412. The van der Waals surface area contributed by atoms with E-state index in [1.165, 1.54) is 0 Å². The Morgan fingerprint density at radius 3 is 2.67 bits per heavy atom.